The van der Waals surface area contributed by atoms with Crippen LogP contribution in [0.25, 0.3) is 5.76 Å². The van der Waals surface area contributed by atoms with Gasteiger partial charge >= 0.3 is 6.09 Å². The number of pyridine rings is 1. The zero-order valence-electron chi connectivity index (χ0n) is 19.0. The Balaban J connectivity index is 1.73. The van der Waals surface area contributed by atoms with E-state index >= 15 is 0 Å². The fourth-order valence-corrected chi connectivity index (χ4v) is 4.58. The number of carbonyl (C=O) groups is 3. The zero-order chi connectivity index (χ0) is 24.4. The number of piperidine rings is 1. The highest BCUT2D eigenvalue weighted by molar-refractivity contribution is 6.46. The van der Waals surface area contributed by atoms with Crippen molar-refractivity contribution in [1.29, 1.82) is 0 Å². The molecule has 1 unspecified atom stereocenters. The van der Waals surface area contributed by atoms with E-state index in [1.165, 1.54) is 23.1 Å². The van der Waals surface area contributed by atoms with Gasteiger partial charge in [0.15, 0.2) is 0 Å². The lowest BCUT2D eigenvalue weighted by atomic mass is 9.94. The van der Waals surface area contributed by atoms with Crippen molar-refractivity contribution in [3.63, 3.8) is 0 Å². The Morgan fingerprint density at radius 2 is 1.97 bits per heavy atom. The van der Waals surface area contributed by atoms with Crippen molar-refractivity contribution in [2.24, 2.45) is 0 Å². The van der Waals surface area contributed by atoms with Crippen molar-refractivity contribution < 1.29 is 28.6 Å². The van der Waals surface area contributed by atoms with E-state index in [0.717, 1.165) is 0 Å². The number of likely N-dealkylation sites (tertiary alicyclic amines) is 2. The Bertz CT molecular complexity index is 1140. The Morgan fingerprint density at radius 3 is 2.59 bits per heavy atom. The van der Waals surface area contributed by atoms with Gasteiger partial charge in [0.05, 0.1) is 18.2 Å². The molecule has 8 nitrogen and oxygen atoms in total. The van der Waals surface area contributed by atoms with Gasteiger partial charge in [-0.3, -0.25) is 14.6 Å². The van der Waals surface area contributed by atoms with Gasteiger partial charge < -0.3 is 19.6 Å². The largest absolute Gasteiger partial charge is 0.507 e. The molecule has 0 saturated carbocycles. The van der Waals surface area contributed by atoms with Gasteiger partial charge in [0.1, 0.15) is 11.6 Å². The van der Waals surface area contributed by atoms with E-state index in [9.17, 15) is 23.9 Å². The molecule has 9 heteroatoms. The van der Waals surface area contributed by atoms with Crippen molar-refractivity contribution in [2.75, 3.05) is 19.7 Å². The number of rotatable bonds is 4. The number of Topliss-reactive ketones (excluding diaryl/α,β-unsaturated/α-hetero) is 1. The first-order valence-corrected chi connectivity index (χ1v) is 11.2. The summed E-state index contributed by atoms with van der Waals surface area (Å²) >= 11 is 0. The van der Waals surface area contributed by atoms with Crippen LogP contribution in [0.5, 0.6) is 0 Å². The van der Waals surface area contributed by atoms with Crippen LogP contribution >= 0.6 is 0 Å². The van der Waals surface area contributed by atoms with Crippen LogP contribution in [0, 0.1) is 12.7 Å². The third-order valence-corrected chi connectivity index (χ3v) is 6.30. The molecule has 1 aromatic heterocycles. The zero-order valence-corrected chi connectivity index (χ0v) is 19.0. The molecule has 2 aliphatic heterocycles. The Morgan fingerprint density at radius 1 is 1.24 bits per heavy atom. The summed E-state index contributed by atoms with van der Waals surface area (Å²) in [6.45, 7) is 4.32. The van der Waals surface area contributed by atoms with Gasteiger partial charge in [-0.25, -0.2) is 9.18 Å². The first kappa shape index (κ1) is 23.4. The fraction of sp³-hybridized carbons (Fsp3) is 0.360. The molecule has 0 radical (unpaired) electrons. The summed E-state index contributed by atoms with van der Waals surface area (Å²) in [6.07, 6.45) is 3.65. The van der Waals surface area contributed by atoms with Gasteiger partial charge in [-0.1, -0.05) is 6.07 Å². The molecule has 0 bridgehead atoms. The number of aliphatic hydroxyl groups is 1. The van der Waals surface area contributed by atoms with E-state index in [1.54, 1.807) is 43.3 Å². The molecule has 2 aliphatic rings. The summed E-state index contributed by atoms with van der Waals surface area (Å²) in [5, 5.41) is 11.1. The fourth-order valence-electron chi connectivity index (χ4n) is 4.58. The van der Waals surface area contributed by atoms with Crippen LogP contribution in [0.15, 0.2) is 48.3 Å². The summed E-state index contributed by atoms with van der Waals surface area (Å²) in [6, 6.07) is 6.30. The van der Waals surface area contributed by atoms with E-state index in [2.05, 4.69) is 4.98 Å². The van der Waals surface area contributed by atoms with Crippen LogP contribution in [-0.2, 0) is 14.3 Å². The van der Waals surface area contributed by atoms with Gasteiger partial charge in [0.25, 0.3) is 11.7 Å². The van der Waals surface area contributed by atoms with Crippen molar-refractivity contribution in [2.45, 2.75) is 38.8 Å². The van der Waals surface area contributed by atoms with Crippen LogP contribution in [0.2, 0.25) is 0 Å². The number of carbonyl (C=O) groups excluding carboxylic acids is 3. The highest BCUT2D eigenvalue weighted by Gasteiger charge is 2.49. The van der Waals surface area contributed by atoms with Crippen molar-refractivity contribution >= 4 is 23.5 Å². The van der Waals surface area contributed by atoms with Crippen LogP contribution in [0.1, 0.15) is 42.5 Å². The first-order valence-electron chi connectivity index (χ1n) is 11.2. The number of hydrogen-bond acceptors (Lipinski definition) is 6. The third kappa shape index (κ3) is 4.25. The molecule has 4 rings (SSSR count). The van der Waals surface area contributed by atoms with Crippen molar-refractivity contribution in [3.8, 4) is 0 Å². The van der Waals surface area contributed by atoms with Gasteiger partial charge in [-0.15, -0.1) is 0 Å². The van der Waals surface area contributed by atoms with Gasteiger partial charge in [0.2, 0.25) is 0 Å². The SMILES string of the molecule is CCOC(=O)N1CCC(N2C(=O)C(=O)/C(=C(/O)c3ccc(F)c(C)c3)C2c2cccnc2)CC1. The highest BCUT2D eigenvalue weighted by Crippen LogP contribution is 2.42. The van der Waals surface area contributed by atoms with Crippen LogP contribution in [0.3, 0.4) is 0 Å². The maximum atomic E-state index is 13.8. The minimum atomic E-state index is -0.849. The Kier molecular flexibility index (Phi) is 6.63. The summed E-state index contributed by atoms with van der Waals surface area (Å²) in [7, 11) is 0. The predicted octanol–water partition coefficient (Wildman–Crippen LogP) is 3.57. The molecule has 0 aliphatic carbocycles. The minimum Gasteiger partial charge on any atom is -0.507 e. The standard InChI is InChI=1S/C25H26FN3O5/c1-3-34-25(33)28-11-8-18(9-12-28)29-21(17-5-4-10-27-14-17)20(23(31)24(29)32)22(30)16-6-7-19(26)15(2)13-16/h4-7,10,13-14,18,21,30H,3,8-9,11-12H2,1-2H3/b22-20+. The minimum absolute atomic E-state index is 0.0585. The van der Waals surface area contributed by atoms with E-state index in [0.29, 0.717) is 37.1 Å². The molecule has 2 aromatic rings. The summed E-state index contributed by atoms with van der Waals surface area (Å²) in [5.41, 5.74) is 1.08. The maximum absolute atomic E-state index is 13.8. The van der Waals surface area contributed by atoms with Crippen LogP contribution in [0.4, 0.5) is 9.18 Å². The summed E-state index contributed by atoms with van der Waals surface area (Å²) in [5.74, 6) is -2.32. The average Bonchev–Trinajstić information content (AvgIpc) is 3.11. The molecule has 0 spiro atoms. The van der Waals surface area contributed by atoms with Gasteiger partial charge in [0, 0.05) is 37.1 Å². The Hall–Kier alpha value is -3.75. The lowest BCUT2D eigenvalue weighted by molar-refractivity contribution is -0.142. The van der Waals surface area contributed by atoms with Crippen LogP contribution in [-0.4, -0.2) is 63.4 Å². The van der Waals surface area contributed by atoms with Crippen molar-refractivity contribution in [1.82, 2.24) is 14.8 Å². The topological polar surface area (TPSA) is 100 Å². The summed E-state index contributed by atoms with van der Waals surface area (Å²) in [4.78, 5) is 45.7. The molecule has 2 amide bonds. The molecule has 178 valence electrons. The molecule has 3 heterocycles. The number of ketones is 1. The smallest absolute Gasteiger partial charge is 0.409 e. The third-order valence-electron chi connectivity index (χ3n) is 6.30. The molecule has 1 N–H and O–H groups in total. The number of nitrogens with zero attached hydrogens (tertiary/aromatic N) is 3. The quantitative estimate of drug-likeness (QED) is 0.419. The average molecular weight is 467 g/mol. The number of aliphatic hydroxyl groups excluding tert-OH is 1. The van der Waals surface area contributed by atoms with E-state index in [1.807, 2.05) is 0 Å². The van der Waals surface area contributed by atoms with Gasteiger partial charge in [-0.05, 0) is 62.1 Å². The Labute approximate surface area is 196 Å². The van der Waals surface area contributed by atoms with E-state index < -0.39 is 29.6 Å². The number of ether oxygens (including phenoxy) is 1. The molecule has 2 fully saturated rings. The van der Waals surface area contributed by atoms with Gasteiger partial charge in [-0.2, -0.15) is 0 Å². The number of amides is 2. The van der Waals surface area contributed by atoms with Crippen LogP contribution < -0.4 is 0 Å². The molecular formula is C25H26FN3O5. The lowest BCUT2D eigenvalue weighted by Gasteiger charge is -2.38. The number of hydrogen-bond donors (Lipinski definition) is 1. The number of halogens is 1. The van der Waals surface area contributed by atoms with E-state index in [4.69, 9.17) is 4.74 Å². The van der Waals surface area contributed by atoms with E-state index in [-0.39, 0.29) is 29.5 Å². The second-order valence-electron chi connectivity index (χ2n) is 8.37. The number of aromatic nitrogens is 1. The molecule has 1 atom stereocenters. The molecule has 2 saturated heterocycles. The van der Waals surface area contributed by atoms with Crippen molar-refractivity contribution in [3.05, 3.63) is 70.8 Å². The number of benzene rings is 1. The molecule has 34 heavy (non-hydrogen) atoms. The second kappa shape index (κ2) is 9.62. The molecule has 1 aromatic carbocycles. The monoisotopic (exact) mass is 467 g/mol. The predicted molar refractivity (Wildman–Crippen MR) is 121 cm³/mol. The molecular weight excluding hydrogens is 441 g/mol. The lowest BCUT2D eigenvalue weighted by Crippen LogP contribution is -2.48. The maximum Gasteiger partial charge on any atom is 0.409 e. The first-order chi connectivity index (χ1) is 16.3. The highest BCUT2D eigenvalue weighted by atomic mass is 19.1. The number of aryl methyl sites for hydroxylation is 1. The summed E-state index contributed by atoms with van der Waals surface area (Å²) < 4.78 is 18.9. The normalized spacial score (nSPS) is 20.6. The second-order valence-corrected chi connectivity index (χ2v) is 8.37.